The molecule has 0 saturated carbocycles. The number of methoxy groups -OCH3 is 1. The third kappa shape index (κ3) is 1.26. The number of fused-ring (bicyclic) bond motifs is 1. The van der Waals surface area contributed by atoms with Gasteiger partial charge in [0.05, 0.1) is 18.8 Å². The highest BCUT2D eigenvalue weighted by atomic mass is 16.5. The van der Waals surface area contributed by atoms with Gasteiger partial charge in [-0.05, 0) is 19.1 Å². The fraction of sp³-hybridized carbons (Fsp3) is 0.273. The molecule has 2 aromatic rings. The van der Waals surface area contributed by atoms with Crippen LogP contribution in [0.5, 0.6) is 5.75 Å². The monoisotopic (exact) mass is 191 g/mol. The summed E-state index contributed by atoms with van der Waals surface area (Å²) in [7, 11) is 1.65. The average Bonchev–Trinajstić information content (AvgIpc) is 2.60. The molecule has 0 saturated heterocycles. The van der Waals surface area contributed by atoms with Gasteiger partial charge in [-0.15, -0.1) is 0 Å². The molecule has 1 unspecified atom stereocenters. The van der Waals surface area contributed by atoms with E-state index in [0.29, 0.717) is 0 Å². The number of benzene rings is 1. The van der Waals surface area contributed by atoms with Crippen LogP contribution >= 0.6 is 0 Å². The Bertz CT molecular complexity index is 445. The second-order valence-electron chi connectivity index (χ2n) is 3.31. The summed E-state index contributed by atoms with van der Waals surface area (Å²) in [5.41, 5.74) is 7.63. The largest absolute Gasteiger partial charge is 0.496 e. The summed E-state index contributed by atoms with van der Waals surface area (Å²) < 4.78 is 10.7. The lowest BCUT2D eigenvalue weighted by Gasteiger charge is -2.05. The lowest BCUT2D eigenvalue weighted by molar-refractivity contribution is 0.419. The van der Waals surface area contributed by atoms with E-state index in [0.717, 1.165) is 22.3 Å². The van der Waals surface area contributed by atoms with E-state index in [1.807, 2.05) is 25.1 Å². The van der Waals surface area contributed by atoms with Crippen LogP contribution in [0.15, 0.2) is 28.9 Å². The quantitative estimate of drug-likeness (QED) is 0.793. The van der Waals surface area contributed by atoms with Crippen molar-refractivity contribution < 1.29 is 9.15 Å². The highest BCUT2D eigenvalue weighted by Gasteiger charge is 2.13. The maximum absolute atomic E-state index is 5.83. The van der Waals surface area contributed by atoms with Crippen LogP contribution in [0.3, 0.4) is 0 Å². The molecule has 0 radical (unpaired) electrons. The minimum atomic E-state index is -0.0486. The molecule has 0 fully saturated rings. The van der Waals surface area contributed by atoms with E-state index in [-0.39, 0.29) is 6.04 Å². The molecule has 1 atom stereocenters. The van der Waals surface area contributed by atoms with Crippen molar-refractivity contribution in [1.29, 1.82) is 0 Å². The van der Waals surface area contributed by atoms with Gasteiger partial charge in [-0.3, -0.25) is 0 Å². The molecule has 0 aliphatic carbocycles. The van der Waals surface area contributed by atoms with Gasteiger partial charge in [0, 0.05) is 11.6 Å². The first-order chi connectivity index (χ1) is 6.74. The first kappa shape index (κ1) is 9.09. The van der Waals surface area contributed by atoms with Crippen LogP contribution in [0.4, 0.5) is 0 Å². The molecule has 1 aromatic heterocycles. The number of hydrogen-bond acceptors (Lipinski definition) is 3. The maximum atomic E-state index is 5.83. The molecule has 1 heterocycles. The topological polar surface area (TPSA) is 48.4 Å². The minimum absolute atomic E-state index is 0.0486. The Morgan fingerprint density at radius 3 is 2.86 bits per heavy atom. The number of furan rings is 1. The Morgan fingerprint density at radius 2 is 2.21 bits per heavy atom. The van der Waals surface area contributed by atoms with Crippen molar-refractivity contribution in [2.45, 2.75) is 13.0 Å². The smallest absolute Gasteiger partial charge is 0.137 e. The van der Waals surface area contributed by atoms with Crippen molar-refractivity contribution in [2.24, 2.45) is 5.73 Å². The van der Waals surface area contributed by atoms with Crippen molar-refractivity contribution in [3.63, 3.8) is 0 Å². The first-order valence-electron chi connectivity index (χ1n) is 4.53. The number of rotatable bonds is 2. The van der Waals surface area contributed by atoms with Crippen molar-refractivity contribution in [2.75, 3.05) is 7.11 Å². The van der Waals surface area contributed by atoms with E-state index in [4.69, 9.17) is 14.9 Å². The second kappa shape index (κ2) is 3.35. The highest BCUT2D eigenvalue weighted by molar-refractivity contribution is 5.87. The van der Waals surface area contributed by atoms with Crippen LogP contribution in [0, 0.1) is 0 Å². The van der Waals surface area contributed by atoms with Gasteiger partial charge in [-0.25, -0.2) is 0 Å². The second-order valence-corrected chi connectivity index (χ2v) is 3.31. The van der Waals surface area contributed by atoms with E-state index < -0.39 is 0 Å². The Kier molecular flexibility index (Phi) is 2.17. The predicted octanol–water partition coefficient (Wildman–Crippen LogP) is 2.46. The average molecular weight is 191 g/mol. The van der Waals surface area contributed by atoms with Gasteiger partial charge in [0.1, 0.15) is 11.3 Å². The molecule has 0 spiro atoms. The van der Waals surface area contributed by atoms with Crippen molar-refractivity contribution >= 4 is 11.0 Å². The van der Waals surface area contributed by atoms with Gasteiger partial charge < -0.3 is 14.9 Å². The maximum Gasteiger partial charge on any atom is 0.137 e. The van der Waals surface area contributed by atoms with E-state index >= 15 is 0 Å². The zero-order valence-corrected chi connectivity index (χ0v) is 8.28. The molecule has 3 heteroatoms. The van der Waals surface area contributed by atoms with Gasteiger partial charge in [0.2, 0.25) is 0 Å². The zero-order chi connectivity index (χ0) is 10.1. The fourth-order valence-corrected chi connectivity index (χ4v) is 1.58. The van der Waals surface area contributed by atoms with Crippen LogP contribution in [-0.4, -0.2) is 7.11 Å². The van der Waals surface area contributed by atoms with E-state index in [1.165, 1.54) is 0 Å². The third-order valence-corrected chi connectivity index (χ3v) is 2.30. The van der Waals surface area contributed by atoms with Crippen LogP contribution in [0.2, 0.25) is 0 Å². The van der Waals surface area contributed by atoms with Gasteiger partial charge in [-0.2, -0.15) is 0 Å². The molecule has 2 rings (SSSR count). The molecule has 1 aromatic carbocycles. The standard InChI is InChI=1S/C11H13NO2/c1-7(12)8-6-14-10-5-3-4-9(13-2)11(8)10/h3-7H,12H2,1-2H3. The molecular formula is C11H13NO2. The normalized spacial score (nSPS) is 13.1. The molecule has 0 aliphatic heterocycles. The van der Waals surface area contributed by atoms with Gasteiger partial charge in [0.15, 0.2) is 0 Å². The third-order valence-electron chi connectivity index (χ3n) is 2.30. The molecule has 0 aliphatic rings. The van der Waals surface area contributed by atoms with E-state index in [1.54, 1.807) is 13.4 Å². The van der Waals surface area contributed by atoms with Crippen LogP contribution in [-0.2, 0) is 0 Å². The van der Waals surface area contributed by atoms with Gasteiger partial charge >= 0.3 is 0 Å². The molecule has 0 bridgehead atoms. The zero-order valence-electron chi connectivity index (χ0n) is 8.28. The molecule has 2 N–H and O–H groups in total. The summed E-state index contributed by atoms with van der Waals surface area (Å²) in [5.74, 6) is 0.809. The van der Waals surface area contributed by atoms with E-state index in [2.05, 4.69) is 0 Å². The van der Waals surface area contributed by atoms with Gasteiger partial charge in [0.25, 0.3) is 0 Å². The first-order valence-corrected chi connectivity index (χ1v) is 4.53. The summed E-state index contributed by atoms with van der Waals surface area (Å²) in [6.07, 6.45) is 1.69. The summed E-state index contributed by atoms with van der Waals surface area (Å²) in [6.45, 7) is 1.93. The Balaban J connectivity index is 2.74. The highest BCUT2D eigenvalue weighted by Crippen LogP contribution is 2.32. The van der Waals surface area contributed by atoms with Crippen molar-refractivity contribution in [1.82, 2.24) is 0 Å². The molecular weight excluding hydrogens is 178 g/mol. The van der Waals surface area contributed by atoms with Crippen molar-refractivity contribution in [3.8, 4) is 5.75 Å². The SMILES string of the molecule is COc1cccc2occ(C(C)N)c12. The minimum Gasteiger partial charge on any atom is -0.496 e. The number of nitrogens with two attached hydrogens (primary N) is 1. The summed E-state index contributed by atoms with van der Waals surface area (Å²) in [6, 6.07) is 5.66. The summed E-state index contributed by atoms with van der Waals surface area (Å²) in [4.78, 5) is 0. The number of ether oxygens (including phenoxy) is 1. The van der Waals surface area contributed by atoms with E-state index in [9.17, 15) is 0 Å². The van der Waals surface area contributed by atoms with Crippen LogP contribution in [0.25, 0.3) is 11.0 Å². The lowest BCUT2D eigenvalue weighted by atomic mass is 10.1. The summed E-state index contributed by atoms with van der Waals surface area (Å²) in [5, 5.41) is 0.977. The lowest BCUT2D eigenvalue weighted by Crippen LogP contribution is -2.04. The molecule has 0 amide bonds. The Labute approximate surface area is 82.5 Å². The summed E-state index contributed by atoms with van der Waals surface area (Å²) >= 11 is 0. The Morgan fingerprint density at radius 1 is 1.43 bits per heavy atom. The van der Waals surface area contributed by atoms with Crippen molar-refractivity contribution in [3.05, 3.63) is 30.0 Å². The predicted molar refractivity (Wildman–Crippen MR) is 55.4 cm³/mol. The van der Waals surface area contributed by atoms with Gasteiger partial charge in [-0.1, -0.05) is 6.07 Å². The fourth-order valence-electron chi connectivity index (χ4n) is 1.58. The molecule has 74 valence electrons. The van der Waals surface area contributed by atoms with Crippen LogP contribution in [0.1, 0.15) is 18.5 Å². The Hall–Kier alpha value is -1.48. The molecule has 14 heavy (non-hydrogen) atoms. The number of hydrogen-bond donors (Lipinski definition) is 1. The van der Waals surface area contributed by atoms with Crippen LogP contribution < -0.4 is 10.5 Å². The molecule has 3 nitrogen and oxygen atoms in total.